The average Bonchev–Trinajstić information content (AvgIpc) is 2.73. The van der Waals surface area contributed by atoms with Gasteiger partial charge in [-0.05, 0) is 21.0 Å². The third kappa shape index (κ3) is 5.86. The molecule has 5 nitrogen and oxygen atoms in total. The molecule has 0 aliphatic heterocycles. The average molecular weight is 286 g/mol. The van der Waals surface area contributed by atoms with E-state index in [9.17, 15) is 0 Å². The molecule has 0 bridgehead atoms. The molecule has 1 N–H and O–H groups in total. The van der Waals surface area contributed by atoms with Gasteiger partial charge in [0.05, 0.1) is 12.3 Å². The molecule has 0 spiro atoms. The number of hydrogen-bond donors (Lipinski definition) is 1. The first-order valence-corrected chi connectivity index (χ1v) is 7.38. The Balaban J connectivity index is 2.48. The van der Waals surface area contributed by atoms with Crippen LogP contribution in [0.1, 0.15) is 10.6 Å². The van der Waals surface area contributed by atoms with E-state index >= 15 is 0 Å². The lowest BCUT2D eigenvalue weighted by atomic mass is 10.4. The van der Waals surface area contributed by atoms with Crippen LogP contribution >= 0.6 is 11.3 Å². The van der Waals surface area contributed by atoms with Crippen molar-refractivity contribution in [3.63, 3.8) is 0 Å². The van der Waals surface area contributed by atoms with Gasteiger partial charge in [-0.3, -0.25) is 0 Å². The van der Waals surface area contributed by atoms with E-state index in [2.05, 4.69) is 48.2 Å². The van der Waals surface area contributed by atoms with Crippen molar-refractivity contribution in [2.24, 2.45) is 0 Å². The Morgan fingerprint density at radius 3 is 2.63 bits per heavy atom. The summed E-state index contributed by atoms with van der Waals surface area (Å²) >= 11 is 1.77. The van der Waals surface area contributed by atoms with E-state index in [1.807, 2.05) is 0 Å². The van der Waals surface area contributed by atoms with Crippen molar-refractivity contribution in [3.05, 3.63) is 10.6 Å². The summed E-state index contributed by atoms with van der Waals surface area (Å²) < 4.78 is 5.02. The minimum absolute atomic E-state index is 0.743. The molecule has 0 radical (unpaired) electrons. The molecule has 0 aromatic carbocycles. The SMILES string of the molecule is COCCNCc1sc(N(C)CCN(C)C)nc1C. The highest BCUT2D eigenvalue weighted by molar-refractivity contribution is 7.15. The lowest BCUT2D eigenvalue weighted by Gasteiger charge is -2.18. The highest BCUT2D eigenvalue weighted by atomic mass is 32.1. The summed E-state index contributed by atoms with van der Waals surface area (Å²) in [5, 5.41) is 4.46. The molecule has 1 aromatic rings. The molecule has 19 heavy (non-hydrogen) atoms. The molecule has 0 aliphatic rings. The van der Waals surface area contributed by atoms with Gasteiger partial charge in [-0.25, -0.2) is 4.98 Å². The summed E-state index contributed by atoms with van der Waals surface area (Å²) in [5.41, 5.74) is 1.13. The molecule has 0 saturated carbocycles. The van der Waals surface area contributed by atoms with E-state index in [0.717, 1.165) is 43.6 Å². The maximum absolute atomic E-state index is 5.02. The smallest absolute Gasteiger partial charge is 0.185 e. The zero-order valence-electron chi connectivity index (χ0n) is 12.7. The molecule has 1 heterocycles. The van der Waals surface area contributed by atoms with Crippen molar-refractivity contribution in [1.82, 2.24) is 15.2 Å². The Labute approximate surface area is 120 Å². The highest BCUT2D eigenvalue weighted by Crippen LogP contribution is 2.24. The molecule has 0 amide bonds. The van der Waals surface area contributed by atoms with E-state index in [1.165, 1.54) is 4.88 Å². The zero-order valence-corrected chi connectivity index (χ0v) is 13.5. The lowest BCUT2D eigenvalue weighted by molar-refractivity contribution is 0.199. The summed E-state index contributed by atoms with van der Waals surface area (Å²) in [6, 6.07) is 0. The summed E-state index contributed by atoms with van der Waals surface area (Å²) in [4.78, 5) is 10.4. The zero-order chi connectivity index (χ0) is 14.3. The molecule has 0 atom stereocenters. The number of anilines is 1. The number of hydrogen-bond acceptors (Lipinski definition) is 6. The van der Waals surface area contributed by atoms with E-state index in [4.69, 9.17) is 4.74 Å². The van der Waals surface area contributed by atoms with Crippen LogP contribution in [0.25, 0.3) is 0 Å². The fraction of sp³-hybridized carbons (Fsp3) is 0.769. The number of nitrogens with one attached hydrogen (secondary N) is 1. The first kappa shape index (κ1) is 16.4. The largest absolute Gasteiger partial charge is 0.383 e. The van der Waals surface area contributed by atoms with Crippen LogP contribution in [0.5, 0.6) is 0 Å². The summed E-state index contributed by atoms with van der Waals surface area (Å²) in [7, 11) is 8.00. The van der Waals surface area contributed by atoms with Crippen LogP contribution in [-0.4, -0.2) is 64.4 Å². The fourth-order valence-electron chi connectivity index (χ4n) is 1.56. The number of likely N-dealkylation sites (N-methyl/N-ethyl adjacent to an activating group) is 2. The predicted molar refractivity (Wildman–Crippen MR) is 82.3 cm³/mol. The van der Waals surface area contributed by atoms with Gasteiger partial charge in [-0.15, -0.1) is 11.3 Å². The van der Waals surface area contributed by atoms with Crippen LogP contribution in [0, 0.1) is 6.92 Å². The summed E-state index contributed by atoms with van der Waals surface area (Å²) in [5.74, 6) is 0. The first-order valence-electron chi connectivity index (χ1n) is 6.56. The van der Waals surface area contributed by atoms with Crippen LogP contribution in [0.15, 0.2) is 0 Å². The molecule has 0 fully saturated rings. The maximum Gasteiger partial charge on any atom is 0.185 e. The molecular weight excluding hydrogens is 260 g/mol. The van der Waals surface area contributed by atoms with Crippen molar-refractivity contribution in [2.45, 2.75) is 13.5 Å². The van der Waals surface area contributed by atoms with E-state index in [0.29, 0.717) is 0 Å². The second-order valence-corrected chi connectivity index (χ2v) is 5.96. The van der Waals surface area contributed by atoms with Gasteiger partial charge in [-0.2, -0.15) is 0 Å². The Morgan fingerprint density at radius 2 is 2.00 bits per heavy atom. The molecule has 0 unspecified atom stereocenters. The molecule has 110 valence electrons. The molecule has 6 heteroatoms. The number of aromatic nitrogens is 1. The number of aryl methyl sites for hydroxylation is 1. The number of rotatable bonds is 9. The number of thiazole rings is 1. The van der Waals surface area contributed by atoms with Gasteiger partial charge in [0.2, 0.25) is 0 Å². The molecule has 1 rings (SSSR count). The molecule has 0 aliphatic carbocycles. The van der Waals surface area contributed by atoms with Gasteiger partial charge in [0, 0.05) is 45.2 Å². The van der Waals surface area contributed by atoms with Gasteiger partial charge in [0.1, 0.15) is 0 Å². The van der Waals surface area contributed by atoms with E-state index < -0.39 is 0 Å². The van der Waals surface area contributed by atoms with Gasteiger partial charge in [-0.1, -0.05) is 0 Å². The molecule has 0 saturated heterocycles. The van der Waals surface area contributed by atoms with Crippen LogP contribution in [-0.2, 0) is 11.3 Å². The van der Waals surface area contributed by atoms with Gasteiger partial charge < -0.3 is 19.9 Å². The topological polar surface area (TPSA) is 40.6 Å². The van der Waals surface area contributed by atoms with Crippen LogP contribution in [0.2, 0.25) is 0 Å². The molecule has 1 aromatic heterocycles. The normalized spacial score (nSPS) is 11.3. The van der Waals surface area contributed by atoms with Crippen LogP contribution < -0.4 is 10.2 Å². The monoisotopic (exact) mass is 286 g/mol. The Morgan fingerprint density at radius 1 is 1.26 bits per heavy atom. The third-order valence-electron chi connectivity index (χ3n) is 2.86. The summed E-state index contributed by atoms with van der Waals surface area (Å²) in [6.07, 6.45) is 0. The Kier molecular flexibility index (Phi) is 7.30. The number of nitrogens with zero attached hydrogens (tertiary/aromatic N) is 3. The van der Waals surface area contributed by atoms with Crippen molar-refractivity contribution in [3.8, 4) is 0 Å². The van der Waals surface area contributed by atoms with E-state index in [-0.39, 0.29) is 0 Å². The quantitative estimate of drug-likeness (QED) is 0.691. The minimum atomic E-state index is 0.743. The maximum atomic E-state index is 5.02. The summed E-state index contributed by atoms with van der Waals surface area (Å²) in [6.45, 7) is 6.60. The minimum Gasteiger partial charge on any atom is -0.383 e. The highest BCUT2D eigenvalue weighted by Gasteiger charge is 2.10. The Hall–Kier alpha value is -0.690. The standard InChI is InChI=1S/C13H26N4OS/c1-11-12(10-14-6-9-18-5)19-13(15-11)17(4)8-7-16(2)3/h14H,6-10H2,1-5H3. The van der Waals surface area contributed by atoms with Crippen LogP contribution in [0.4, 0.5) is 5.13 Å². The van der Waals surface area contributed by atoms with Gasteiger partial charge in [0.25, 0.3) is 0 Å². The number of ether oxygens (including phenoxy) is 1. The van der Waals surface area contributed by atoms with Gasteiger partial charge in [0.15, 0.2) is 5.13 Å². The second-order valence-electron chi connectivity index (χ2n) is 4.90. The lowest BCUT2D eigenvalue weighted by Crippen LogP contribution is -2.28. The van der Waals surface area contributed by atoms with Crippen molar-refractivity contribution in [1.29, 1.82) is 0 Å². The van der Waals surface area contributed by atoms with E-state index in [1.54, 1.807) is 18.4 Å². The molecular formula is C13H26N4OS. The van der Waals surface area contributed by atoms with Crippen molar-refractivity contribution < 1.29 is 4.74 Å². The fourth-order valence-corrected chi connectivity index (χ4v) is 2.58. The third-order valence-corrected chi connectivity index (χ3v) is 4.13. The Bertz CT molecular complexity index is 368. The predicted octanol–water partition coefficient (Wildman–Crippen LogP) is 1.19. The van der Waals surface area contributed by atoms with Crippen molar-refractivity contribution >= 4 is 16.5 Å². The first-order chi connectivity index (χ1) is 9.04. The van der Waals surface area contributed by atoms with Crippen molar-refractivity contribution in [2.75, 3.05) is 59.4 Å². The van der Waals surface area contributed by atoms with Gasteiger partial charge >= 0.3 is 0 Å². The number of methoxy groups -OCH3 is 1. The second kappa shape index (κ2) is 8.47. The van der Waals surface area contributed by atoms with Crippen LogP contribution in [0.3, 0.4) is 0 Å².